The van der Waals surface area contributed by atoms with Crippen LogP contribution in [0.2, 0.25) is 0 Å². The van der Waals surface area contributed by atoms with Gasteiger partial charge < -0.3 is 20.1 Å². The van der Waals surface area contributed by atoms with E-state index in [4.69, 9.17) is 9.47 Å². The van der Waals surface area contributed by atoms with Crippen molar-refractivity contribution in [1.29, 1.82) is 0 Å². The number of rotatable bonds is 6. The molecule has 1 aliphatic rings. The normalized spacial score (nSPS) is 12.0. The molecule has 0 fully saturated rings. The molecule has 0 unspecified atom stereocenters. The molecule has 6 nitrogen and oxygen atoms in total. The topological polar surface area (TPSA) is 72.5 Å². The Morgan fingerprint density at radius 1 is 1.04 bits per heavy atom. The lowest BCUT2D eigenvalue weighted by Crippen LogP contribution is -2.23. The van der Waals surface area contributed by atoms with Crippen molar-refractivity contribution in [2.24, 2.45) is 0 Å². The standard InChI is InChI=1S/C19H17N3O3S/c23-18(20-9-13-4-2-1-3-5-13)15-11-26-19(22-15)21-10-14-6-7-16-17(8-14)25-12-24-16/h1-8,11H,9-10,12H2,(H,20,23)(H,21,22). The highest BCUT2D eigenvalue weighted by atomic mass is 32.1. The van der Waals surface area contributed by atoms with E-state index in [-0.39, 0.29) is 12.7 Å². The van der Waals surface area contributed by atoms with Crippen molar-refractivity contribution < 1.29 is 14.3 Å². The molecule has 2 aromatic carbocycles. The second kappa shape index (κ2) is 7.45. The van der Waals surface area contributed by atoms with Gasteiger partial charge in [-0.1, -0.05) is 36.4 Å². The van der Waals surface area contributed by atoms with E-state index in [2.05, 4.69) is 15.6 Å². The highest BCUT2D eigenvalue weighted by Gasteiger charge is 2.14. The third kappa shape index (κ3) is 3.78. The highest BCUT2D eigenvalue weighted by molar-refractivity contribution is 7.13. The number of carbonyl (C=O) groups is 1. The minimum absolute atomic E-state index is 0.179. The number of hydrogen-bond acceptors (Lipinski definition) is 6. The smallest absolute Gasteiger partial charge is 0.271 e. The zero-order chi connectivity index (χ0) is 17.8. The molecule has 0 atom stereocenters. The predicted octanol–water partition coefficient (Wildman–Crippen LogP) is 3.41. The van der Waals surface area contributed by atoms with Crippen LogP contribution in [0.25, 0.3) is 0 Å². The Kier molecular flexibility index (Phi) is 4.70. The van der Waals surface area contributed by atoms with E-state index in [1.54, 1.807) is 5.38 Å². The molecule has 1 amide bonds. The summed E-state index contributed by atoms with van der Waals surface area (Å²) in [7, 11) is 0. The van der Waals surface area contributed by atoms with Crippen molar-refractivity contribution >= 4 is 22.4 Å². The van der Waals surface area contributed by atoms with E-state index in [1.165, 1.54) is 11.3 Å². The zero-order valence-corrected chi connectivity index (χ0v) is 14.7. The lowest BCUT2D eigenvalue weighted by atomic mass is 10.2. The van der Waals surface area contributed by atoms with Crippen LogP contribution in [-0.4, -0.2) is 17.7 Å². The first-order valence-electron chi connectivity index (χ1n) is 8.18. The fraction of sp³-hybridized carbons (Fsp3) is 0.158. The third-order valence-corrected chi connectivity index (χ3v) is 4.71. The molecule has 132 valence electrons. The van der Waals surface area contributed by atoms with E-state index in [0.717, 1.165) is 22.6 Å². The van der Waals surface area contributed by atoms with Crippen molar-refractivity contribution in [2.75, 3.05) is 12.1 Å². The Labute approximate surface area is 154 Å². The first-order chi connectivity index (χ1) is 12.8. The van der Waals surface area contributed by atoms with E-state index >= 15 is 0 Å². The molecule has 0 saturated carbocycles. The number of ether oxygens (including phenoxy) is 2. The van der Waals surface area contributed by atoms with E-state index in [9.17, 15) is 4.79 Å². The summed E-state index contributed by atoms with van der Waals surface area (Å²) in [5.74, 6) is 1.34. The molecule has 3 aromatic rings. The number of anilines is 1. The van der Waals surface area contributed by atoms with Gasteiger partial charge >= 0.3 is 0 Å². The van der Waals surface area contributed by atoms with Gasteiger partial charge in [-0.15, -0.1) is 11.3 Å². The van der Waals surface area contributed by atoms with E-state index in [1.807, 2.05) is 48.5 Å². The Morgan fingerprint density at radius 3 is 2.77 bits per heavy atom. The molecule has 7 heteroatoms. The van der Waals surface area contributed by atoms with Crippen LogP contribution < -0.4 is 20.1 Å². The van der Waals surface area contributed by atoms with Crippen molar-refractivity contribution in [2.45, 2.75) is 13.1 Å². The second-order valence-corrected chi connectivity index (χ2v) is 6.61. The first-order valence-corrected chi connectivity index (χ1v) is 9.06. The monoisotopic (exact) mass is 367 g/mol. The van der Waals surface area contributed by atoms with Crippen LogP contribution in [0.15, 0.2) is 53.9 Å². The van der Waals surface area contributed by atoms with Crippen LogP contribution in [0.3, 0.4) is 0 Å². The van der Waals surface area contributed by atoms with Gasteiger partial charge in [0.2, 0.25) is 6.79 Å². The van der Waals surface area contributed by atoms with Crippen LogP contribution in [-0.2, 0) is 13.1 Å². The summed E-state index contributed by atoms with van der Waals surface area (Å²) in [6, 6.07) is 15.6. The van der Waals surface area contributed by atoms with Gasteiger partial charge in [-0.2, -0.15) is 0 Å². The summed E-state index contributed by atoms with van der Waals surface area (Å²) in [5.41, 5.74) is 2.52. The Hall–Kier alpha value is -3.06. The number of fused-ring (bicyclic) bond motifs is 1. The van der Waals surface area contributed by atoms with Crippen LogP contribution in [0, 0.1) is 0 Å². The average molecular weight is 367 g/mol. The maximum absolute atomic E-state index is 12.2. The summed E-state index contributed by atoms with van der Waals surface area (Å²) >= 11 is 1.41. The van der Waals surface area contributed by atoms with E-state index in [0.29, 0.717) is 23.9 Å². The second-order valence-electron chi connectivity index (χ2n) is 5.75. The molecule has 0 aliphatic carbocycles. The fourth-order valence-electron chi connectivity index (χ4n) is 2.56. The number of benzene rings is 2. The SMILES string of the molecule is O=C(NCc1ccccc1)c1csc(NCc2ccc3c(c2)OCO3)n1. The number of carbonyl (C=O) groups excluding carboxylic acids is 1. The Balaban J connectivity index is 1.32. The Bertz CT molecular complexity index is 911. The minimum Gasteiger partial charge on any atom is -0.454 e. The zero-order valence-electron chi connectivity index (χ0n) is 13.9. The summed E-state index contributed by atoms with van der Waals surface area (Å²) in [6.07, 6.45) is 0. The molecule has 4 rings (SSSR count). The van der Waals surface area contributed by atoms with Crippen LogP contribution >= 0.6 is 11.3 Å². The fourth-order valence-corrected chi connectivity index (χ4v) is 3.25. The van der Waals surface area contributed by atoms with Gasteiger partial charge in [0.05, 0.1) is 0 Å². The molecular formula is C19H17N3O3S. The molecular weight excluding hydrogens is 350 g/mol. The van der Waals surface area contributed by atoms with Crippen molar-refractivity contribution in [3.05, 3.63) is 70.7 Å². The van der Waals surface area contributed by atoms with Crippen molar-refractivity contribution in [3.8, 4) is 11.5 Å². The average Bonchev–Trinajstić information content (AvgIpc) is 3.34. The molecule has 0 saturated heterocycles. The van der Waals surface area contributed by atoms with Gasteiger partial charge in [0, 0.05) is 18.5 Å². The summed E-state index contributed by atoms with van der Waals surface area (Å²) in [4.78, 5) is 16.6. The van der Waals surface area contributed by atoms with E-state index < -0.39 is 0 Å². The third-order valence-electron chi connectivity index (χ3n) is 3.91. The molecule has 1 aliphatic heterocycles. The number of nitrogens with zero attached hydrogens (tertiary/aromatic N) is 1. The van der Waals surface area contributed by atoms with Crippen LogP contribution in [0.1, 0.15) is 21.6 Å². The maximum atomic E-state index is 12.2. The largest absolute Gasteiger partial charge is 0.454 e. The van der Waals surface area contributed by atoms with Gasteiger partial charge in [-0.25, -0.2) is 4.98 Å². The van der Waals surface area contributed by atoms with Gasteiger partial charge in [0.1, 0.15) is 5.69 Å². The van der Waals surface area contributed by atoms with Crippen molar-refractivity contribution in [3.63, 3.8) is 0 Å². The lowest BCUT2D eigenvalue weighted by molar-refractivity contribution is 0.0946. The molecule has 2 N–H and O–H groups in total. The maximum Gasteiger partial charge on any atom is 0.271 e. The molecule has 0 spiro atoms. The quantitative estimate of drug-likeness (QED) is 0.698. The van der Waals surface area contributed by atoms with Gasteiger partial charge in [-0.05, 0) is 23.3 Å². The van der Waals surface area contributed by atoms with Crippen molar-refractivity contribution in [1.82, 2.24) is 10.3 Å². The molecule has 0 radical (unpaired) electrons. The molecule has 26 heavy (non-hydrogen) atoms. The van der Waals surface area contributed by atoms with Crippen LogP contribution in [0.4, 0.5) is 5.13 Å². The summed E-state index contributed by atoms with van der Waals surface area (Å²) < 4.78 is 10.7. The van der Waals surface area contributed by atoms with Gasteiger partial charge in [0.15, 0.2) is 16.6 Å². The molecule has 0 bridgehead atoms. The van der Waals surface area contributed by atoms with Gasteiger partial charge in [-0.3, -0.25) is 4.79 Å². The van der Waals surface area contributed by atoms with Crippen LogP contribution in [0.5, 0.6) is 11.5 Å². The Morgan fingerprint density at radius 2 is 1.88 bits per heavy atom. The lowest BCUT2D eigenvalue weighted by Gasteiger charge is -2.04. The number of hydrogen-bond donors (Lipinski definition) is 2. The number of aromatic nitrogens is 1. The summed E-state index contributed by atoms with van der Waals surface area (Å²) in [6.45, 7) is 1.34. The summed E-state index contributed by atoms with van der Waals surface area (Å²) in [5, 5.41) is 8.56. The highest BCUT2D eigenvalue weighted by Crippen LogP contribution is 2.32. The molecule has 2 heterocycles. The minimum atomic E-state index is -0.179. The first kappa shape index (κ1) is 16.4. The molecule has 1 aromatic heterocycles. The number of thiazole rings is 1. The van der Waals surface area contributed by atoms with Gasteiger partial charge in [0.25, 0.3) is 5.91 Å². The number of amides is 1. The number of nitrogens with one attached hydrogen (secondary N) is 2. The predicted molar refractivity (Wildman–Crippen MR) is 99.6 cm³/mol.